The molecule has 0 atom stereocenters. The standard InChI is InChI=1S/C28H32N6O5/c1-7-38-26(36)21-15-29-34-23(32(6)27(37)39-28(3,4)5)14-22(31-24(21)34)30-20-13-18(2)25(35)33(17-20)16-19-11-9-8-10-12-19/h8-15,17H,7,16H2,1-6H3,(H,30,31). The Balaban J connectivity index is 1.78. The number of aromatic nitrogens is 4. The van der Waals surface area contributed by atoms with Crippen LogP contribution < -0.4 is 15.8 Å². The number of nitrogens with zero attached hydrogens (tertiary/aromatic N) is 5. The quantitative estimate of drug-likeness (QED) is 0.345. The van der Waals surface area contributed by atoms with E-state index in [-0.39, 0.29) is 23.4 Å². The maximum Gasteiger partial charge on any atom is 0.415 e. The number of carbonyl (C=O) groups excluding carboxylic acids is 2. The van der Waals surface area contributed by atoms with Crippen molar-refractivity contribution in [1.29, 1.82) is 0 Å². The molecule has 4 rings (SSSR count). The molecular formula is C28H32N6O5. The molecule has 0 fully saturated rings. The first-order chi connectivity index (χ1) is 18.5. The summed E-state index contributed by atoms with van der Waals surface area (Å²) in [5.74, 6) is 0.0418. The fourth-order valence-corrected chi connectivity index (χ4v) is 3.93. The number of amides is 1. The van der Waals surface area contributed by atoms with Crippen LogP contribution in [-0.2, 0) is 16.0 Å². The second-order valence-electron chi connectivity index (χ2n) is 10.0. The van der Waals surface area contributed by atoms with E-state index < -0.39 is 17.7 Å². The molecule has 0 aliphatic heterocycles. The number of anilines is 3. The first-order valence-electron chi connectivity index (χ1n) is 12.5. The molecule has 204 valence electrons. The van der Waals surface area contributed by atoms with E-state index in [0.717, 1.165) is 5.56 Å². The van der Waals surface area contributed by atoms with Crippen LogP contribution in [0.4, 0.5) is 22.1 Å². The predicted octanol–water partition coefficient (Wildman–Crippen LogP) is 4.54. The van der Waals surface area contributed by atoms with Crippen molar-refractivity contribution in [3.05, 3.63) is 81.9 Å². The average Bonchev–Trinajstić information content (AvgIpc) is 3.30. The van der Waals surface area contributed by atoms with Gasteiger partial charge in [-0.2, -0.15) is 9.61 Å². The molecule has 39 heavy (non-hydrogen) atoms. The van der Waals surface area contributed by atoms with E-state index in [1.54, 1.807) is 64.6 Å². The molecule has 3 heterocycles. The minimum atomic E-state index is -0.719. The lowest BCUT2D eigenvalue weighted by molar-refractivity contribution is 0.0527. The molecule has 1 amide bonds. The van der Waals surface area contributed by atoms with Crippen molar-refractivity contribution < 1.29 is 19.1 Å². The lowest BCUT2D eigenvalue weighted by Gasteiger charge is -2.25. The van der Waals surface area contributed by atoms with E-state index in [4.69, 9.17) is 9.47 Å². The van der Waals surface area contributed by atoms with Gasteiger partial charge in [-0.1, -0.05) is 30.3 Å². The third-order valence-corrected chi connectivity index (χ3v) is 5.69. The van der Waals surface area contributed by atoms with Crippen molar-refractivity contribution in [3.8, 4) is 0 Å². The summed E-state index contributed by atoms with van der Waals surface area (Å²) >= 11 is 0. The first-order valence-corrected chi connectivity index (χ1v) is 12.5. The normalized spacial score (nSPS) is 11.3. The summed E-state index contributed by atoms with van der Waals surface area (Å²) in [6.45, 7) is 9.33. The van der Waals surface area contributed by atoms with Gasteiger partial charge in [0, 0.05) is 24.9 Å². The molecule has 0 saturated carbocycles. The second kappa shape index (κ2) is 11.0. The number of ether oxygens (including phenoxy) is 2. The van der Waals surface area contributed by atoms with Crippen molar-refractivity contribution in [2.24, 2.45) is 0 Å². The summed E-state index contributed by atoms with van der Waals surface area (Å²) in [4.78, 5) is 44.2. The molecule has 0 aliphatic rings. The topological polar surface area (TPSA) is 120 Å². The summed E-state index contributed by atoms with van der Waals surface area (Å²) in [6, 6.07) is 13.0. The van der Waals surface area contributed by atoms with Gasteiger partial charge in [-0.25, -0.2) is 14.6 Å². The Labute approximate surface area is 226 Å². The molecule has 0 aliphatic carbocycles. The Hall–Kier alpha value is -4.67. The van der Waals surface area contributed by atoms with Gasteiger partial charge in [0.1, 0.15) is 22.8 Å². The van der Waals surface area contributed by atoms with Crippen LogP contribution in [0.25, 0.3) is 5.65 Å². The fourth-order valence-electron chi connectivity index (χ4n) is 3.93. The van der Waals surface area contributed by atoms with Gasteiger partial charge in [-0.15, -0.1) is 0 Å². The smallest absolute Gasteiger partial charge is 0.415 e. The number of nitrogens with one attached hydrogen (secondary N) is 1. The minimum absolute atomic E-state index is 0.112. The average molecular weight is 533 g/mol. The van der Waals surface area contributed by atoms with Crippen LogP contribution in [0.2, 0.25) is 0 Å². The highest BCUT2D eigenvalue weighted by atomic mass is 16.6. The Morgan fingerprint density at radius 1 is 1.13 bits per heavy atom. The number of carbonyl (C=O) groups is 2. The fraction of sp³-hybridized carbons (Fsp3) is 0.321. The second-order valence-corrected chi connectivity index (χ2v) is 10.0. The van der Waals surface area contributed by atoms with Crippen molar-refractivity contribution in [2.75, 3.05) is 23.9 Å². The zero-order valence-corrected chi connectivity index (χ0v) is 22.9. The highest BCUT2D eigenvalue weighted by molar-refractivity contribution is 5.97. The Bertz CT molecular complexity index is 1570. The third-order valence-electron chi connectivity index (χ3n) is 5.69. The Morgan fingerprint density at radius 2 is 1.85 bits per heavy atom. The van der Waals surface area contributed by atoms with Gasteiger partial charge in [0.05, 0.1) is 25.0 Å². The predicted molar refractivity (Wildman–Crippen MR) is 148 cm³/mol. The molecule has 1 N–H and O–H groups in total. The Morgan fingerprint density at radius 3 is 2.51 bits per heavy atom. The number of hydrogen-bond donors (Lipinski definition) is 1. The summed E-state index contributed by atoms with van der Waals surface area (Å²) in [7, 11) is 1.54. The van der Waals surface area contributed by atoms with E-state index in [1.165, 1.54) is 15.6 Å². The van der Waals surface area contributed by atoms with E-state index in [2.05, 4.69) is 15.4 Å². The lowest BCUT2D eigenvalue weighted by Crippen LogP contribution is -2.35. The zero-order valence-electron chi connectivity index (χ0n) is 22.9. The van der Waals surface area contributed by atoms with Crippen molar-refractivity contribution >= 4 is 35.0 Å². The number of esters is 1. The molecule has 0 spiro atoms. The molecule has 1 aromatic carbocycles. The van der Waals surface area contributed by atoms with Gasteiger partial charge in [-0.3, -0.25) is 9.69 Å². The van der Waals surface area contributed by atoms with Crippen LogP contribution in [0.3, 0.4) is 0 Å². The van der Waals surface area contributed by atoms with Gasteiger partial charge in [-0.05, 0) is 46.2 Å². The molecule has 3 aromatic heterocycles. The highest BCUT2D eigenvalue weighted by Crippen LogP contribution is 2.26. The summed E-state index contributed by atoms with van der Waals surface area (Å²) in [5.41, 5.74) is 1.63. The number of pyridine rings is 1. The summed E-state index contributed by atoms with van der Waals surface area (Å²) in [6.07, 6.45) is 2.44. The van der Waals surface area contributed by atoms with Gasteiger partial charge in [0.2, 0.25) is 0 Å². The highest BCUT2D eigenvalue weighted by Gasteiger charge is 2.25. The minimum Gasteiger partial charge on any atom is -0.462 e. The summed E-state index contributed by atoms with van der Waals surface area (Å²) in [5, 5.41) is 7.51. The maximum atomic E-state index is 12.9. The van der Waals surface area contributed by atoms with Crippen molar-refractivity contribution in [2.45, 2.75) is 46.8 Å². The van der Waals surface area contributed by atoms with E-state index in [0.29, 0.717) is 29.4 Å². The van der Waals surface area contributed by atoms with Crippen LogP contribution in [0.15, 0.2) is 59.7 Å². The molecule has 4 aromatic rings. The number of aryl methyl sites for hydroxylation is 1. The number of benzene rings is 1. The molecule has 11 heteroatoms. The van der Waals surface area contributed by atoms with Gasteiger partial charge in [0.25, 0.3) is 5.56 Å². The number of fused-ring (bicyclic) bond motifs is 1. The molecule has 0 bridgehead atoms. The lowest BCUT2D eigenvalue weighted by atomic mass is 10.2. The molecule has 0 radical (unpaired) electrons. The van der Waals surface area contributed by atoms with Gasteiger partial charge >= 0.3 is 12.1 Å². The van der Waals surface area contributed by atoms with Crippen LogP contribution in [0.1, 0.15) is 49.2 Å². The third kappa shape index (κ3) is 6.25. The SMILES string of the molecule is CCOC(=O)c1cnn2c(N(C)C(=O)OC(C)(C)C)cc(Nc3cc(C)c(=O)n(Cc4ccccc4)c3)nc12. The number of hydrogen-bond acceptors (Lipinski definition) is 8. The zero-order chi connectivity index (χ0) is 28.3. The molecular weight excluding hydrogens is 500 g/mol. The summed E-state index contributed by atoms with van der Waals surface area (Å²) < 4.78 is 13.7. The van der Waals surface area contributed by atoms with Crippen LogP contribution in [0.5, 0.6) is 0 Å². The van der Waals surface area contributed by atoms with Crippen molar-refractivity contribution in [1.82, 2.24) is 19.2 Å². The van der Waals surface area contributed by atoms with Crippen LogP contribution in [-0.4, -0.2) is 50.5 Å². The van der Waals surface area contributed by atoms with Gasteiger partial charge in [0.15, 0.2) is 5.65 Å². The maximum absolute atomic E-state index is 12.9. The van der Waals surface area contributed by atoms with Gasteiger partial charge < -0.3 is 19.4 Å². The largest absolute Gasteiger partial charge is 0.462 e. The number of rotatable bonds is 7. The monoisotopic (exact) mass is 532 g/mol. The van der Waals surface area contributed by atoms with E-state index in [1.807, 2.05) is 30.3 Å². The molecule has 0 unspecified atom stereocenters. The molecule has 0 saturated heterocycles. The Kier molecular flexibility index (Phi) is 7.70. The van der Waals surface area contributed by atoms with Crippen LogP contribution in [0, 0.1) is 6.92 Å². The van der Waals surface area contributed by atoms with Crippen molar-refractivity contribution in [3.63, 3.8) is 0 Å². The molecule has 11 nitrogen and oxygen atoms in total. The first kappa shape index (κ1) is 27.4. The van der Waals surface area contributed by atoms with Crippen LogP contribution >= 0.6 is 0 Å². The van der Waals surface area contributed by atoms with E-state index in [9.17, 15) is 14.4 Å². The van der Waals surface area contributed by atoms with E-state index >= 15 is 0 Å².